The van der Waals surface area contributed by atoms with Gasteiger partial charge in [-0.05, 0) is 62.4 Å². The van der Waals surface area contributed by atoms with Crippen molar-refractivity contribution in [3.8, 4) is 17.2 Å². The number of pyridine rings is 1. The summed E-state index contributed by atoms with van der Waals surface area (Å²) in [5.41, 5.74) is 3.10. The van der Waals surface area contributed by atoms with Crippen LogP contribution in [0.5, 0.6) is 17.2 Å². The number of ether oxygens (including phenoxy) is 3. The molecule has 2 N–H and O–H groups in total. The second-order valence-electron chi connectivity index (χ2n) is 7.92. The molecule has 186 valence electrons. The van der Waals surface area contributed by atoms with Crippen LogP contribution in [0.3, 0.4) is 0 Å². The number of hydrogen-bond donors (Lipinski definition) is 2. The van der Waals surface area contributed by atoms with E-state index in [0.717, 1.165) is 22.5 Å². The number of aryl methyl sites for hydroxylation is 2. The van der Waals surface area contributed by atoms with Crippen LogP contribution in [0.1, 0.15) is 23.0 Å². The molecule has 4 aromatic rings. The van der Waals surface area contributed by atoms with E-state index in [1.807, 2.05) is 27.0 Å². The first-order valence-electron chi connectivity index (χ1n) is 11.3. The Morgan fingerprint density at radius 2 is 1.75 bits per heavy atom. The fourth-order valence-corrected chi connectivity index (χ4v) is 3.65. The summed E-state index contributed by atoms with van der Waals surface area (Å²) in [7, 11) is 3.28. The summed E-state index contributed by atoms with van der Waals surface area (Å²) in [4.78, 5) is 29.5. The number of benzene rings is 2. The van der Waals surface area contributed by atoms with E-state index in [4.69, 9.17) is 14.2 Å². The van der Waals surface area contributed by atoms with Crippen LogP contribution in [0.25, 0.3) is 11.0 Å². The molecule has 0 aliphatic rings. The number of nitrogens with one attached hydrogen (secondary N) is 2. The summed E-state index contributed by atoms with van der Waals surface area (Å²) >= 11 is 0. The minimum atomic E-state index is -0.337. The molecule has 0 aliphatic carbocycles. The van der Waals surface area contributed by atoms with Crippen LogP contribution in [-0.2, 0) is 11.8 Å². The molecule has 2 amide bonds. The number of amides is 2. The minimum absolute atomic E-state index is 0.231. The summed E-state index contributed by atoms with van der Waals surface area (Å²) < 4.78 is 18.1. The van der Waals surface area contributed by atoms with E-state index < -0.39 is 0 Å². The average molecular weight is 490 g/mol. The third-order valence-electron chi connectivity index (χ3n) is 5.35. The maximum atomic E-state index is 12.8. The van der Waals surface area contributed by atoms with Crippen molar-refractivity contribution in [3.63, 3.8) is 0 Å². The molecule has 0 atom stereocenters. The molecule has 36 heavy (non-hydrogen) atoms. The highest BCUT2D eigenvalue weighted by atomic mass is 16.5. The van der Waals surface area contributed by atoms with E-state index in [1.165, 1.54) is 7.11 Å². The van der Waals surface area contributed by atoms with E-state index in [1.54, 1.807) is 53.3 Å². The lowest BCUT2D eigenvalue weighted by molar-refractivity contribution is -0.118. The zero-order valence-corrected chi connectivity index (χ0v) is 20.5. The van der Waals surface area contributed by atoms with Crippen molar-refractivity contribution in [2.24, 2.45) is 7.05 Å². The van der Waals surface area contributed by atoms with Gasteiger partial charge >= 0.3 is 0 Å². The highest BCUT2D eigenvalue weighted by Crippen LogP contribution is 2.29. The molecular formula is C26H27N5O5. The van der Waals surface area contributed by atoms with Gasteiger partial charge in [0.25, 0.3) is 11.8 Å². The van der Waals surface area contributed by atoms with Crippen LogP contribution in [0, 0.1) is 6.92 Å². The van der Waals surface area contributed by atoms with Crippen LogP contribution in [0.4, 0.5) is 11.4 Å². The van der Waals surface area contributed by atoms with Gasteiger partial charge in [-0.15, -0.1) is 0 Å². The van der Waals surface area contributed by atoms with Gasteiger partial charge in [-0.3, -0.25) is 14.3 Å². The van der Waals surface area contributed by atoms with Crippen LogP contribution in [-0.4, -0.2) is 46.9 Å². The van der Waals surface area contributed by atoms with Gasteiger partial charge in [0.2, 0.25) is 0 Å². The third-order valence-corrected chi connectivity index (χ3v) is 5.35. The zero-order chi connectivity index (χ0) is 25.7. The second-order valence-corrected chi connectivity index (χ2v) is 7.92. The maximum Gasteiger partial charge on any atom is 0.262 e. The predicted octanol–water partition coefficient (Wildman–Crippen LogP) is 3.95. The fraction of sp³-hybridized carbons (Fsp3) is 0.231. The number of anilines is 2. The van der Waals surface area contributed by atoms with Crippen molar-refractivity contribution < 1.29 is 23.8 Å². The second kappa shape index (κ2) is 10.8. The van der Waals surface area contributed by atoms with E-state index in [9.17, 15) is 9.59 Å². The normalized spacial score (nSPS) is 10.7. The van der Waals surface area contributed by atoms with Gasteiger partial charge in [-0.25, -0.2) is 4.98 Å². The first-order chi connectivity index (χ1) is 17.4. The van der Waals surface area contributed by atoms with E-state index >= 15 is 0 Å². The Morgan fingerprint density at radius 3 is 2.47 bits per heavy atom. The van der Waals surface area contributed by atoms with Gasteiger partial charge in [-0.1, -0.05) is 0 Å². The molecule has 0 unspecified atom stereocenters. The van der Waals surface area contributed by atoms with Crippen molar-refractivity contribution in [2.45, 2.75) is 13.8 Å². The van der Waals surface area contributed by atoms with Crippen molar-refractivity contribution in [3.05, 3.63) is 66.0 Å². The van der Waals surface area contributed by atoms with Crippen molar-refractivity contribution in [1.29, 1.82) is 0 Å². The highest BCUT2D eigenvalue weighted by molar-refractivity contribution is 6.05. The van der Waals surface area contributed by atoms with Gasteiger partial charge < -0.3 is 24.8 Å². The summed E-state index contributed by atoms with van der Waals surface area (Å²) in [6.45, 7) is 4.13. The first kappa shape index (κ1) is 24.5. The summed E-state index contributed by atoms with van der Waals surface area (Å²) in [6, 6.07) is 13.6. The molecule has 10 nitrogen and oxygen atoms in total. The molecule has 0 fully saturated rings. The number of nitrogens with zero attached hydrogens (tertiary/aromatic N) is 3. The summed E-state index contributed by atoms with van der Waals surface area (Å²) in [6.07, 6.45) is 1.58. The van der Waals surface area contributed by atoms with Crippen LogP contribution < -0.4 is 24.8 Å². The number of aromatic nitrogens is 3. The topological polar surface area (TPSA) is 117 Å². The standard InChI is InChI=1S/C26H27N5O5/c1-5-35-20-9-7-18(8-10-20)28-24(32)15-36-22-11-6-17(12-23(22)34-4)26(33)29-19-13-21-16(2)30-31(3)25(21)27-14-19/h6-14H,5,15H2,1-4H3,(H,28,32)(H,29,33). The van der Waals surface area contributed by atoms with E-state index in [0.29, 0.717) is 35.0 Å². The molecule has 2 heterocycles. The zero-order valence-electron chi connectivity index (χ0n) is 20.5. The van der Waals surface area contributed by atoms with Gasteiger partial charge in [0.05, 0.1) is 31.3 Å². The molecule has 0 spiro atoms. The Labute approximate surface area is 208 Å². The Hall–Kier alpha value is -4.60. The lowest BCUT2D eigenvalue weighted by atomic mass is 10.1. The number of hydrogen-bond acceptors (Lipinski definition) is 7. The van der Waals surface area contributed by atoms with Gasteiger partial charge in [-0.2, -0.15) is 5.10 Å². The smallest absolute Gasteiger partial charge is 0.262 e. The van der Waals surface area contributed by atoms with Crippen LogP contribution in [0.2, 0.25) is 0 Å². The molecule has 0 radical (unpaired) electrons. The molecule has 0 aliphatic heterocycles. The Balaban J connectivity index is 1.38. The Morgan fingerprint density at radius 1 is 0.972 bits per heavy atom. The first-order valence-corrected chi connectivity index (χ1v) is 11.3. The summed E-state index contributed by atoms with van der Waals surface area (Å²) in [5.74, 6) is 0.718. The molecule has 0 saturated heterocycles. The number of rotatable bonds is 9. The van der Waals surface area contributed by atoms with Crippen molar-refractivity contribution >= 4 is 34.2 Å². The fourth-order valence-electron chi connectivity index (χ4n) is 3.65. The molecule has 2 aromatic carbocycles. The predicted molar refractivity (Wildman–Crippen MR) is 136 cm³/mol. The molecule has 10 heteroatoms. The quantitative estimate of drug-likeness (QED) is 0.366. The average Bonchev–Trinajstić information content (AvgIpc) is 3.16. The van der Waals surface area contributed by atoms with E-state index in [2.05, 4.69) is 20.7 Å². The van der Waals surface area contributed by atoms with E-state index in [-0.39, 0.29) is 18.4 Å². The molecule has 0 bridgehead atoms. The molecular weight excluding hydrogens is 462 g/mol. The van der Waals surface area contributed by atoms with Gasteiger partial charge in [0.1, 0.15) is 5.75 Å². The van der Waals surface area contributed by atoms with Crippen molar-refractivity contribution in [2.75, 3.05) is 31.0 Å². The van der Waals surface area contributed by atoms with Gasteiger partial charge in [0, 0.05) is 23.7 Å². The highest BCUT2D eigenvalue weighted by Gasteiger charge is 2.14. The van der Waals surface area contributed by atoms with Gasteiger partial charge in [0.15, 0.2) is 23.8 Å². The monoisotopic (exact) mass is 489 g/mol. The molecule has 0 saturated carbocycles. The van der Waals surface area contributed by atoms with Crippen LogP contribution in [0.15, 0.2) is 54.7 Å². The SMILES string of the molecule is CCOc1ccc(NC(=O)COc2ccc(C(=O)Nc3cnc4c(c3)c(C)nn4C)cc2OC)cc1. The van der Waals surface area contributed by atoms with Crippen molar-refractivity contribution in [1.82, 2.24) is 14.8 Å². The number of fused-ring (bicyclic) bond motifs is 1. The maximum absolute atomic E-state index is 12.8. The third kappa shape index (κ3) is 5.54. The number of methoxy groups -OCH3 is 1. The molecule has 2 aromatic heterocycles. The largest absolute Gasteiger partial charge is 0.494 e. The minimum Gasteiger partial charge on any atom is -0.494 e. The van der Waals surface area contributed by atoms with Crippen LogP contribution >= 0.6 is 0 Å². The number of carbonyl (C=O) groups excluding carboxylic acids is 2. The lowest BCUT2D eigenvalue weighted by Crippen LogP contribution is -2.20. The lowest BCUT2D eigenvalue weighted by Gasteiger charge is -2.13. The Kier molecular flexibility index (Phi) is 7.33. The summed E-state index contributed by atoms with van der Waals surface area (Å²) in [5, 5.41) is 10.8. The Bertz CT molecular complexity index is 1400. The molecule has 4 rings (SSSR count). The number of carbonyl (C=O) groups is 2.